The summed E-state index contributed by atoms with van der Waals surface area (Å²) in [5.41, 5.74) is 5.60. The first kappa shape index (κ1) is 13.2. The third kappa shape index (κ3) is 2.43. The largest absolute Gasteiger partial charge is 0.330 e. The van der Waals surface area contributed by atoms with Crippen LogP contribution in [0, 0.1) is 5.41 Å². The minimum atomic E-state index is -1.33. The average molecular weight is 223 g/mol. The highest BCUT2D eigenvalue weighted by molar-refractivity contribution is 5.33. The second-order valence-electron chi connectivity index (χ2n) is 5.45. The summed E-state index contributed by atoms with van der Waals surface area (Å²) >= 11 is 0. The Morgan fingerprint density at radius 1 is 1.12 bits per heavy atom. The number of hydrogen-bond donors (Lipinski definition) is 1. The van der Waals surface area contributed by atoms with Crippen molar-refractivity contribution in [3.8, 4) is 0 Å². The van der Waals surface area contributed by atoms with Crippen LogP contribution in [0.25, 0.3) is 0 Å². The first-order valence-electron chi connectivity index (χ1n) is 5.78. The molecule has 2 N–H and O–H groups in total. The Bertz CT molecular complexity index is 350. The molecular formula is C14H22FN. The van der Waals surface area contributed by atoms with Crippen molar-refractivity contribution in [3.63, 3.8) is 0 Å². The third-order valence-corrected chi connectivity index (χ3v) is 3.35. The highest BCUT2D eigenvalue weighted by atomic mass is 19.1. The van der Waals surface area contributed by atoms with Gasteiger partial charge in [-0.1, -0.05) is 45.0 Å². The van der Waals surface area contributed by atoms with Crippen molar-refractivity contribution in [2.75, 3.05) is 6.54 Å². The SMILES string of the molecule is CC(C)(C)C(C)(F)c1ccccc1CCN. The lowest BCUT2D eigenvalue weighted by Gasteiger charge is -2.36. The lowest BCUT2D eigenvalue weighted by molar-refractivity contribution is 0.0443. The van der Waals surface area contributed by atoms with Gasteiger partial charge in [-0.3, -0.25) is 0 Å². The van der Waals surface area contributed by atoms with Crippen LogP contribution >= 0.6 is 0 Å². The lowest BCUT2D eigenvalue weighted by Crippen LogP contribution is -2.33. The molecule has 0 spiro atoms. The molecule has 16 heavy (non-hydrogen) atoms. The van der Waals surface area contributed by atoms with Gasteiger partial charge in [-0.05, 0) is 36.4 Å². The predicted molar refractivity (Wildman–Crippen MR) is 67.1 cm³/mol. The smallest absolute Gasteiger partial charge is 0.138 e. The molecule has 1 rings (SSSR count). The zero-order valence-corrected chi connectivity index (χ0v) is 10.7. The van der Waals surface area contributed by atoms with Gasteiger partial charge in [0.15, 0.2) is 0 Å². The highest BCUT2D eigenvalue weighted by Crippen LogP contribution is 2.43. The van der Waals surface area contributed by atoms with Crippen molar-refractivity contribution < 1.29 is 4.39 Å². The maximum Gasteiger partial charge on any atom is 0.138 e. The fourth-order valence-electron chi connectivity index (χ4n) is 1.76. The predicted octanol–water partition coefficient (Wildman–Crippen LogP) is 3.42. The van der Waals surface area contributed by atoms with Gasteiger partial charge < -0.3 is 5.73 Å². The van der Waals surface area contributed by atoms with Gasteiger partial charge in [0.2, 0.25) is 0 Å². The summed E-state index contributed by atoms with van der Waals surface area (Å²) in [6.45, 7) is 7.98. The molecule has 0 saturated heterocycles. The molecule has 0 aliphatic rings. The number of rotatable bonds is 3. The number of nitrogens with two attached hydrogens (primary N) is 1. The molecule has 1 unspecified atom stereocenters. The molecule has 0 bridgehead atoms. The number of hydrogen-bond acceptors (Lipinski definition) is 1. The van der Waals surface area contributed by atoms with Crippen LogP contribution in [-0.2, 0) is 12.1 Å². The number of benzene rings is 1. The minimum Gasteiger partial charge on any atom is -0.330 e. The Balaban J connectivity index is 3.21. The van der Waals surface area contributed by atoms with Crippen molar-refractivity contribution in [3.05, 3.63) is 35.4 Å². The van der Waals surface area contributed by atoms with Crippen LogP contribution in [0.4, 0.5) is 4.39 Å². The fraction of sp³-hybridized carbons (Fsp3) is 0.571. The zero-order chi connectivity index (χ0) is 12.4. The van der Waals surface area contributed by atoms with Gasteiger partial charge in [0.25, 0.3) is 0 Å². The van der Waals surface area contributed by atoms with E-state index in [1.54, 1.807) is 6.92 Å². The highest BCUT2D eigenvalue weighted by Gasteiger charge is 2.40. The van der Waals surface area contributed by atoms with Crippen LogP contribution in [0.2, 0.25) is 0 Å². The van der Waals surface area contributed by atoms with Crippen LogP contribution in [0.15, 0.2) is 24.3 Å². The molecule has 0 aliphatic heterocycles. The molecule has 0 fully saturated rings. The first-order chi connectivity index (χ1) is 7.30. The molecule has 1 nitrogen and oxygen atoms in total. The molecule has 0 amide bonds. The van der Waals surface area contributed by atoms with Crippen LogP contribution < -0.4 is 5.73 Å². The van der Waals surface area contributed by atoms with Crippen molar-refractivity contribution in [2.24, 2.45) is 11.1 Å². The molecule has 0 aromatic heterocycles. The standard InChI is InChI=1S/C14H22FN/c1-13(2,3)14(4,15)12-8-6-5-7-11(12)9-10-16/h5-8H,9-10,16H2,1-4H3. The molecule has 0 aliphatic carbocycles. The van der Waals surface area contributed by atoms with E-state index in [-0.39, 0.29) is 0 Å². The summed E-state index contributed by atoms with van der Waals surface area (Å²) in [5.74, 6) is 0. The maximum absolute atomic E-state index is 14.9. The van der Waals surface area contributed by atoms with Gasteiger partial charge in [-0.2, -0.15) is 0 Å². The fourth-order valence-corrected chi connectivity index (χ4v) is 1.76. The second kappa shape index (κ2) is 4.54. The summed E-state index contributed by atoms with van der Waals surface area (Å²) in [6, 6.07) is 7.66. The quantitative estimate of drug-likeness (QED) is 0.835. The lowest BCUT2D eigenvalue weighted by atomic mass is 9.73. The molecule has 1 aromatic rings. The van der Waals surface area contributed by atoms with E-state index in [1.165, 1.54) is 0 Å². The molecule has 0 saturated carbocycles. The van der Waals surface area contributed by atoms with Crippen molar-refractivity contribution in [2.45, 2.75) is 39.8 Å². The molecular weight excluding hydrogens is 201 g/mol. The Labute approximate surface area is 97.9 Å². The van der Waals surface area contributed by atoms with Crippen molar-refractivity contribution in [1.82, 2.24) is 0 Å². The molecule has 2 heteroatoms. The topological polar surface area (TPSA) is 26.0 Å². The molecule has 90 valence electrons. The van der Waals surface area contributed by atoms with Gasteiger partial charge in [-0.25, -0.2) is 4.39 Å². The van der Waals surface area contributed by atoms with Gasteiger partial charge in [0, 0.05) is 0 Å². The van der Waals surface area contributed by atoms with E-state index in [0.29, 0.717) is 6.54 Å². The van der Waals surface area contributed by atoms with E-state index >= 15 is 0 Å². The second-order valence-corrected chi connectivity index (χ2v) is 5.45. The van der Waals surface area contributed by atoms with E-state index < -0.39 is 11.1 Å². The Hall–Kier alpha value is -0.890. The summed E-state index contributed by atoms with van der Waals surface area (Å²) < 4.78 is 14.9. The van der Waals surface area contributed by atoms with Crippen LogP contribution in [0.1, 0.15) is 38.8 Å². The molecule has 0 radical (unpaired) electrons. The summed E-state index contributed by atoms with van der Waals surface area (Å²) in [4.78, 5) is 0. The first-order valence-corrected chi connectivity index (χ1v) is 5.78. The molecule has 1 aromatic carbocycles. The van der Waals surface area contributed by atoms with Gasteiger partial charge in [0.05, 0.1) is 0 Å². The summed E-state index contributed by atoms with van der Waals surface area (Å²) in [5, 5.41) is 0. The Morgan fingerprint density at radius 2 is 1.69 bits per heavy atom. The Kier molecular flexibility index (Phi) is 3.74. The van der Waals surface area contributed by atoms with Crippen molar-refractivity contribution in [1.29, 1.82) is 0 Å². The summed E-state index contributed by atoms with van der Waals surface area (Å²) in [7, 11) is 0. The maximum atomic E-state index is 14.9. The Morgan fingerprint density at radius 3 is 2.19 bits per heavy atom. The zero-order valence-electron chi connectivity index (χ0n) is 10.7. The normalized spacial score (nSPS) is 15.9. The van der Waals surface area contributed by atoms with E-state index in [9.17, 15) is 4.39 Å². The number of halogens is 1. The van der Waals surface area contributed by atoms with Gasteiger partial charge in [-0.15, -0.1) is 0 Å². The number of alkyl halides is 1. The van der Waals surface area contributed by atoms with Gasteiger partial charge >= 0.3 is 0 Å². The van der Waals surface area contributed by atoms with Crippen molar-refractivity contribution >= 4 is 0 Å². The van der Waals surface area contributed by atoms with Gasteiger partial charge in [0.1, 0.15) is 5.67 Å². The van der Waals surface area contributed by atoms with Crippen LogP contribution in [0.3, 0.4) is 0 Å². The third-order valence-electron chi connectivity index (χ3n) is 3.35. The summed E-state index contributed by atoms with van der Waals surface area (Å²) in [6.07, 6.45) is 0.728. The average Bonchev–Trinajstić information content (AvgIpc) is 2.17. The van der Waals surface area contributed by atoms with E-state index in [0.717, 1.165) is 17.5 Å². The van der Waals surface area contributed by atoms with E-state index in [4.69, 9.17) is 5.73 Å². The van der Waals surface area contributed by atoms with Crippen LogP contribution in [-0.4, -0.2) is 6.54 Å². The van der Waals surface area contributed by atoms with Crippen LogP contribution in [0.5, 0.6) is 0 Å². The monoisotopic (exact) mass is 223 g/mol. The minimum absolute atomic E-state index is 0.419. The molecule has 0 heterocycles. The molecule has 1 atom stereocenters. The van der Waals surface area contributed by atoms with E-state index in [1.807, 2.05) is 45.0 Å². The van der Waals surface area contributed by atoms with E-state index in [2.05, 4.69) is 0 Å².